The van der Waals surface area contributed by atoms with Crippen LogP contribution in [-0.4, -0.2) is 85.1 Å². The summed E-state index contributed by atoms with van der Waals surface area (Å²) in [5, 5.41) is 0. The Hall–Kier alpha value is -1.89. The molecule has 2 aliphatic heterocycles. The number of hydrogen-bond donors (Lipinski definition) is 0. The molecule has 0 unspecified atom stereocenters. The van der Waals surface area contributed by atoms with Crippen LogP contribution in [0.25, 0.3) is 0 Å². The summed E-state index contributed by atoms with van der Waals surface area (Å²) < 4.78 is 0. The maximum Gasteiger partial charge on any atom is 0.228 e. The minimum absolute atomic E-state index is 0.230. The third kappa shape index (κ3) is 4.21. The second-order valence-corrected chi connectivity index (χ2v) is 8.05. The van der Waals surface area contributed by atoms with Gasteiger partial charge in [0.2, 0.25) is 5.91 Å². The van der Waals surface area contributed by atoms with Crippen LogP contribution in [-0.2, 0) is 4.79 Å². The zero-order valence-corrected chi connectivity index (χ0v) is 15.9. The highest BCUT2D eigenvalue weighted by Gasteiger charge is 2.30. The predicted octanol–water partition coefficient (Wildman–Crippen LogP) is 0.923. The van der Waals surface area contributed by atoms with Gasteiger partial charge in [-0.2, -0.15) is 0 Å². The highest BCUT2D eigenvalue weighted by atomic mass is 16.2. The average molecular weight is 346 g/mol. The lowest BCUT2D eigenvalue weighted by atomic mass is 9.94. The highest BCUT2D eigenvalue weighted by molar-refractivity contribution is 5.81. The van der Waals surface area contributed by atoms with Crippen molar-refractivity contribution in [3.8, 4) is 0 Å². The molecule has 1 amide bonds. The summed E-state index contributed by atoms with van der Waals surface area (Å²) in [7, 11) is 2.15. The van der Waals surface area contributed by atoms with Crippen LogP contribution >= 0.6 is 0 Å². The second kappa shape index (κ2) is 7.15. The average Bonchev–Trinajstić information content (AvgIpc) is 2.61. The first-order chi connectivity index (χ1) is 11.8. The van der Waals surface area contributed by atoms with Gasteiger partial charge in [0.25, 0.3) is 0 Å². The SMILES string of the molecule is CN1CCN(c2cc(N3CCN(C(=O)C(C)(C)C)CC3)ncn2)CC1. The number of carbonyl (C=O) groups excluding carboxylic acids is 1. The number of hydrogen-bond acceptors (Lipinski definition) is 6. The number of likely N-dealkylation sites (N-methyl/N-ethyl adjacent to an activating group) is 1. The number of anilines is 2. The molecule has 3 heterocycles. The van der Waals surface area contributed by atoms with E-state index in [9.17, 15) is 4.79 Å². The Morgan fingerprint density at radius 2 is 1.36 bits per heavy atom. The lowest BCUT2D eigenvalue weighted by Gasteiger charge is -2.38. The number of carbonyl (C=O) groups is 1. The molecule has 138 valence electrons. The first kappa shape index (κ1) is 17.9. The minimum atomic E-state index is -0.314. The molecule has 0 bridgehead atoms. The molecule has 2 fully saturated rings. The van der Waals surface area contributed by atoms with E-state index in [-0.39, 0.29) is 11.3 Å². The lowest BCUT2D eigenvalue weighted by molar-refractivity contribution is -0.139. The van der Waals surface area contributed by atoms with E-state index >= 15 is 0 Å². The van der Waals surface area contributed by atoms with Crippen LogP contribution < -0.4 is 9.80 Å². The molecule has 0 aliphatic carbocycles. The molecule has 0 atom stereocenters. The fourth-order valence-electron chi connectivity index (χ4n) is 3.33. The van der Waals surface area contributed by atoms with Gasteiger partial charge in [-0.25, -0.2) is 9.97 Å². The Bertz CT molecular complexity index is 598. The van der Waals surface area contributed by atoms with Crippen molar-refractivity contribution >= 4 is 17.5 Å². The highest BCUT2D eigenvalue weighted by Crippen LogP contribution is 2.22. The van der Waals surface area contributed by atoms with Gasteiger partial charge < -0.3 is 19.6 Å². The van der Waals surface area contributed by atoms with E-state index in [1.54, 1.807) is 6.33 Å². The molecule has 0 spiro atoms. The predicted molar refractivity (Wildman–Crippen MR) is 100.0 cm³/mol. The summed E-state index contributed by atoms with van der Waals surface area (Å²) in [6.45, 7) is 13.2. The fraction of sp³-hybridized carbons (Fsp3) is 0.722. The van der Waals surface area contributed by atoms with Crippen molar-refractivity contribution in [2.45, 2.75) is 20.8 Å². The van der Waals surface area contributed by atoms with Crippen molar-refractivity contribution in [1.29, 1.82) is 0 Å². The van der Waals surface area contributed by atoms with Gasteiger partial charge in [0.1, 0.15) is 18.0 Å². The monoisotopic (exact) mass is 346 g/mol. The van der Waals surface area contributed by atoms with Gasteiger partial charge >= 0.3 is 0 Å². The largest absolute Gasteiger partial charge is 0.354 e. The maximum absolute atomic E-state index is 12.4. The van der Waals surface area contributed by atoms with E-state index in [4.69, 9.17) is 0 Å². The van der Waals surface area contributed by atoms with E-state index in [2.05, 4.69) is 37.8 Å². The zero-order chi connectivity index (χ0) is 18.0. The standard InChI is InChI=1S/C18H30N6O/c1-18(2,3)17(25)24-11-9-23(10-12-24)16-13-15(19-14-20-16)22-7-5-21(4)6-8-22/h13-14H,5-12H2,1-4H3. The first-order valence-electron chi connectivity index (χ1n) is 9.14. The first-order valence-corrected chi connectivity index (χ1v) is 9.14. The van der Waals surface area contributed by atoms with Crippen LogP contribution in [0, 0.1) is 5.41 Å². The summed E-state index contributed by atoms with van der Waals surface area (Å²) in [6.07, 6.45) is 1.66. The summed E-state index contributed by atoms with van der Waals surface area (Å²) in [6, 6.07) is 2.09. The lowest BCUT2D eigenvalue weighted by Crippen LogP contribution is -2.52. The summed E-state index contributed by atoms with van der Waals surface area (Å²) in [5.41, 5.74) is -0.314. The van der Waals surface area contributed by atoms with E-state index in [0.29, 0.717) is 0 Å². The van der Waals surface area contributed by atoms with Crippen molar-refractivity contribution < 1.29 is 4.79 Å². The van der Waals surface area contributed by atoms with Crippen molar-refractivity contribution in [2.75, 3.05) is 69.2 Å². The summed E-state index contributed by atoms with van der Waals surface area (Å²) in [4.78, 5) is 30.2. The third-order valence-corrected chi connectivity index (χ3v) is 5.00. The molecule has 2 aliphatic rings. The van der Waals surface area contributed by atoms with E-state index in [1.807, 2.05) is 25.7 Å². The van der Waals surface area contributed by atoms with Crippen LogP contribution in [0.3, 0.4) is 0 Å². The third-order valence-electron chi connectivity index (χ3n) is 5.00. The topological polar surface area (TPSA) is 55.8 Å². The Morgan fingerprint density at radius 1 is 0.880 bits per heavy atom. The number of nitrogens with zero attached hydrogens (tertiary/aromatic N) is 6. The van der Waals surface area contributed by atoms with Crippen molar-refractivity contribution in [3.63, 3.8) is 0 Å². The second-order valence-electron chi connectivity index (χ2n) is 8.05. The Balaban J connectivity index is 1.62. The Kier molecular flexibility index (Phi) is 5.13. The molecule has 0 aromatic carbocycles. The van der Waals surface area contributed by atoms with Crippen LogP contribution in [0.2, 0.25) is 0 Å². The fourth-order valence-corrected chi connectivity index (χ4v) is 3.33. The quantitative estimate of drug-likeness (QED) is 0.794. The van der Waals surface area contributed by atoms with Crippen LogP contribution in [0.15, 0.2) is 12.4 Å². The van der Waals surface area contributed by atoms with Crippen LogP contribution in [0.1, 0.15) is 20.8 Å². The summed E-state index contributed by atoms with van der Waals surface area (Å²) in [5.74, 6) is 2.20. The van der Waals surface area contributed by atoms with Crippen molar-refractivity contribution in [2.24, 2.45) is 5.41 Å². The van der Waals surface area contributed by atoms with Gasteiger partial charge in [-0.1, -0.05) is 20.8 Å². The smallest absolute Gasteiger partial charge is 0.228 e. The van der Waals surface area contributed by atoms with Gasteiger partial charge in [-0.3, -0.25) is 4.79 Å². The molecule has 0 radical (unpaired) electrons. The molecule has 7 heteroatoms. The molecular weight excluding hydrogens is 316 g/mol. The molecule has 1 aromatic rings. The van der Waals surface area contributed by atoms with Gasteiger partial charge in [0.05, 0.1) is 0 Å². The van der Waals surface area contributed by atoms with Crippen LogP contribution in [0.5, 0.6) is 0 Å². The van der Waals surface area contributed by atoms with E-state index < -0.39 is 0 Å². The molecule has 0 N–H and O–H groups in total. The molecule has 2 saturated heterocycles. The zero-order valence-electron chi connectivity index (χ0n) is 15.9. The molecule has 1 aromatic heterocycles. The maximum atomic E-state index is 12.4. The van der Waals surface area contributed by atoms with Gasteiger partial charge in [-0.15, -0.1) is 0 Å². The Labute approximate surface area is 150 Å². The number of rotatable bonds is 2. The number of aromatic nitrogens is 2. The molecule has 0 saturated carbocycles. The molecule has 25 heavy (non-hydrogen) atoms. The van der Waals surface area contributed by atoms with E-state index in [1.165, 1.54) is 0 Å². The molecule has 3 rings (SSSR count). The molecule has 7 nitrogen and oxygen atoms in total. The molecular formula is C18H30N6O. The summed E-state index contributed by atoms with van der Waals surface area (Å²) >= 11 is 0. The van der Waals surface area contributed by atoms with Crippen molar-refractivity contribution in [3.05, 3.63) is 12.4 Å². The minimum Gasteiger partial charge on any atom is -0.354 e. The van der Waals surface area contributed by atoms with Gasteiger partial charge in [0.15, 0.2) is 0 Å². The van der Waals surface area contributed by atoms with Crippen LogP contribution in [0.4, 0.5) is 11.6 Å². The number of piperazine rings is 2. The van der Waals surface area contributed by atoms with Gasteiger partial charge in [-0.05, 0) is 7.05 Å². The Morgan fingerprint density at radius 3 is 1.84 bits per heavy atom. The van der Waals surface area contributed by atoms with E-state index in [0.717, 1.165) is 64.0 Å². The normalized spacial score (nSPS) is 20.1. The number of amides is 1. The van der Waals surface area contributed by atoms with Crippen molar-refractivity contribution in [1.82, 2.24) is 19.8 Å². The van der Waals surface area contributed by atoms with Gasteiger partial charge in [0, 0.05) is 63.8 Å².